The molecule has 5 heteroatoms. The molecule has 0 aliphatic heterocycles. The lowest BCUT2D eigenvalue weighted by molar-refractivity contribution is 0.203. The zero-order valence-corrected chi connectivity index (χ0v) is 10.4. The summed E-state index contributed by atoms with van der Waals surface area (Å²) in [6.45, 7) is 2.72. The molecule has 2 heterocycles. The molecule has 4 nitrogen and oxygen atoms in total. The molecule has 0 saturated heterocycles. The van der Waals surface area contributed by atoms with E-state index < -0.39 is 6.10 Å². The highest BCUT2D eigenvalue weighted by Gasteiger charge is 2.15. The molecule has 0 bridgehead atoms. The van der Waals surface area contributed by atoms with E-state index in [9.17, 15) is 5.11 Å². The maximum atomic E-state index is 10.1. The first-order valence-electron chi connectivity index (χ1n) is 5.03. The van der Waals surface area contributed by atoms with Crippen LogP contribution in [0.1, 0.15) is 24.4 Å². The van der Waals surface area contributed by atoms with Crippen molar-refractivity contribution >= 4 is 15.9 Å². The van der Waals surface area contributed by atoms with Gasteiger partial charge in [0, 0.05) is 23.4 Å². The lowest BCUT2D eigenvalue weighted by Gasteiger charge is -2.11. The van der Waals surface area contributed by atoms with E-state index in [-0.39, 0.29) is 0 Å². The van der Waals surface area contributed by atoms with Gasteiger partial charge in [0.05, 0.1) is 11.4 Å². The number of aromatic nitrogens is 3. The van der Waals surface area contributed by atoms with Crippen molar-refractivity contribution in [3.8, 4) is 0 Å². The molecule has 0 fully saturated rings. The molecular formula is C11H12BrN3O. The van der Waals surface area contributed by atoms with E-state index in [1.807, 2.05) is 13.0 Å². The Balaban J connectivity index is 2.31. The second-order valence-corrected chi connectivity index (χ2v) is 4.29. The molecule has 1 N–H and O–H groups in total. The van der Waals surface area contributed by atoms with E-state index in [0.717, 1.165) is 16.7 Å². The van der Waals surface area contributed by atoms with Gasteiger partial charge >= 0.3 is 0 Å². The summed E-state index contributed by atoms with van der Waals surface area (Å²) in [7, 11) is 0. The standard InChI is InChI=1S/C11H12BrN3O/c1-2-15-10(5-6-14-15)11(16)9-4-3-8(12)7-13-9/h3-7,11,16H,2H2,1H3. The van der Waals surface area contributed by atoms with Crippen LogP contribution in [0.5, 0.6) is 0 Å². The fourth-order valence-corrected chi connectivity index (χ4v) is 1.77. The third kappa shape index (κ3) is 2.15. The van der Waals surface area contributed by atoms with Gasteiger partial charge in [-0.3, -0.25) is 9.67 Å². The second-order valence-electron chi connectivity index (χ2n) is 3.38. The van der Waals surface area contributed by atoms with Gasteiger partial charge < -0.3 is 5.11 Å². The van der Waals surface area contributed by atoms with Gasteiger partial charge in [-0.15, -0.1) is 0 Å². The summed E-state index contributed by atoms with van der Waals surface area (Å²) < 4.78 is 2.65. The maximum Gasteiger partial charge on any atom is 0.137 e. The van der Waals surface area contributed by atoms with Crippen LogP contribution in [0.3, 0.4) is 0 Å². The SMILES string of the molecule is CCn1nccc1C(O)c1ccc(Br)cn1. The first-order valence-corrected chi connectivity index (χ1v) is 5.83. The zero-order chi connectivity index (χ0) is 11.5. The number of pyridine rings is 1. The number of aliphatic hydroxyl groups is 1. The Hall–Kier alpha value is -1.20. The Bertz CT molecular complexity index is 466. The van der Waals surface area contributed by atoms with Crippen LogP contribution in [0.15, 0.2) is 35.1 Å². The van der Waals surface area contributed by atoms with Gasteiger partial charge in [0.15, 0.2) is 0 Å². The molecule has 84 valence electrons. The third-order valence-corrected chi connectivity index (χ3v) is 2.83. The molecule has 0 spiro atoms. The Morgan fingerprint density at radius 3 is 2.88 bits per heavy atom. The molecule has 1 atom stereocenters. The van der Waals surface area contributed by atoms with Gasteiger partial charge in [-0.2, -0.15) is 5.10 Å². The summed E-state index contributed by atoms with van der Waals surface area (Å²) in [4.78, 5) is 4.17. The van der Waals surface area contributed by atoms with Crippen molar-refractivity contribution in [3.63, 3.8) is 0 Å². The monoisotopic (exact) mass is 281 g/mol. The maximum absolute atomic E-state index is 10.1. The van der Waals surface area contributed by atoms with Crippen molar-refractivity contribution in [3.05, 3.63) is 46.5 Å². The minimum absolute atomic E-state index is 0.624. The van der Waals surface area contributed by atoms with Gasteiger partial charge in [0.25, 0.3) is 0 Å². The van der Waals surface area contributed by atoms with E-state index in [0.29, 0.717) is 5.69 Å². The number of rotatable bonds is 3. The Morgan fingerprint density at radius 1 is 1.44 bits per heavy atom. The number of aryl methyl sites for hydroxylation is 1. The van der Waals surface area contributed by atoms with Gasteiger partial charge in [0.1, 0.15) is 6.10 Å². The number of aliphatic hydroxyl groups excluding tert-OH is 1. The summed E-state index contributed by atoms with van der Waals surface area (Å²) >= 11 is 3.31. The average molecular weight is 282 g/mol. The van der Waals surface area contributed by atoms with Gasteiger partial charge in [-0.05, 0) is 41.1 Å². The summed E-state index contributed by atoms with van der Waals surface area (Å²) in [5, 5.41) is 14.3. The van der Waals surface area contributed by atoms with E-state index >= 15 is 0 Å². The fourth-order valence-electron chi connectivity index (χ4n) is 1.54. The van der Waals surface area contributed by atoms with Gasteiger partial charge in [-0.25, -0.2) is 0 Å². The van der Waals surface area contributed by atoms with Crippen LogP contribution in [0.2, 0.25) is 0 Å². The molecule has 16 heavy (non-hydrogen) atoms. The van der Waals surface area contributed by atoms with Crippen molar-refractivity contribution in [2.24, 2.45) is 0 Å². The van der Waals surface area contributed by atoms with Gasteiger partial charge in [-0.1, -0.05) is 0 Å². The lowest BCUT2D eigenvalue weighted by Crippen LogP contribution is -2.10. The largest absolute Gasteiger partial charge is 0.380 e. The van der Waals surface area contributed by atoms with E-state index in [1.165, 1.54) is 0 Å². The van der Waals surface area contributed by atoms with Crippen LogP contribution < -0.4 is 0 Å². The first kappa shape index (κ1) is 11.3. The lowest BCUT2D eigenvalue weighted by atomic mass is 10.1. The van der Waals surface area contributed by atoms with E-state index in [4.69, 9.17) is 0 Å². The van der Waals surface area contributed by atoms with Crippen LogP contribution in [0.4, 0.5) is 0 Å². The van der Waals surface area contributed by atoms with Crippen LogP contribution in [-0.4, -0.2) is 19.9 Å². The smallest absolute Gasteiger partial charge is 0.137 e. The minimum atomic E-state index is -0.726. The number of hydrogen-bond acceptors (Lipinski definition) is 3. The van der Waals surface area contributed by atoms with Crippen molar-refractivity contribution in [1.82, 2.24) is 14.8 Å². The van der Waals surface area contributed by atoms with Crippen LogP contribution in [-0.2, 0) is 6.54 Å². The highest BCUT2D eigenvalue weighted by molar-refractivity contribution is 9.10. The normalized spacial score (nSPS) is 12.7. The molecule has 2 aromatic heterocycles. The van der Waals surface area contributed by atoms with Crippen molar-refractivity contribution < 1.29 is 5.11 Å². The Kier molecular flexibility index (Phi) is 3.36. The highest BCUT2D eigenvalue weighted by Crippen LogP contribution is 2.20. The third-order valence-electron chi connectivity index (χ3n) is 2.36. The first-order chi connectivity index (χ1) is 7.72. The zero-order valence-electron chi connectivity index (χ0n) is 8.84. The summed E-state index contributed by atoms with van der Waals surface area (Å²) in [5.74, 6) is 0. The van der Waals surface area contributed by atoms with E-state index in [1.54, 1.807) is 29.2 Å². The fraction of sp³-hybridized carbons (Fsp3) is 0.273. The van der Waals surface area contributed by atoms with Crippen LogP contribution >= 0.6 is 15.9 Å². The molecule has 2 rings (SSSR count). The summed E-state index contributed by atoms with van der Waals surface area (Å²) in [6, 6.07) is 5.46. The van der Waals surface area contributed by atoms with Crippen molar-refractivity contribution in [2.75, 3.05) is 0 Å². The van der Waals surface area contributed by atoms with Crippen molar-refractivity contribution in [1.29, 1.82) is 0 Å². The molecule has 0 amide bonds. The molecule has 1 unspecified atom stereocenters. The van der Waals surface area contributed by atoms with Gasteiger partial charge in [0.2, 0.25) is 0 Å². The quantitative estimate of drug-likeness (QED) is 0.938. The molecule has 0 aliphatic rings. The number of hydrogen-bond donors (Lipinski definition) is 1. The number of halogens is 1. The Morgan fingerprint density at radius 2 is 2.25 bits per heavy atom. The average Bonchev–Trinajstić information content (AvgIpc) is 2.77. The molecule has 0 radical (unpaired) electrons. The summed E-state index contributed by atoms with van der Waals surface area (Å²) in [6.07, 6.45) is 2.63. The molecule has 2 aromatic rings. The predicted octanol–water partition coefficient (Wildman–Crippen LogP) is 2.14. The highest BCUT2D eigenvalue weighted by atomic mass is 79.9. The molecule has 0 saturated carbocycles. The second kappa shape index (κ2) is 4.76. The van der Waals surface area contributed by atoms with E-state index in [2.05, 4.69) is 26.0 Å². The van der Waals surface area contributed by atoms with Crippen molar-refractivity contribution in [2.45, 2.75) is 19.6 Å². The molecule has 0 aromatic carbocycles. The molecular weight excluding hydrogens is 270 g/mol. The minimum Gasteiger partial charge on any atom is -0.380 e. The van der Waals surface area contributed by atoms with Crippen LogP contribution in [0, 0.1) is 0 Å². The topological polar surface area (TPSA) is 50.9 Å². The number of nitrogens with zero attached hydrogens (tertiary/aromatic N) is 3. The van der Waals surface area contributed by atoms with Crippen LogP contribution in [0.25, 0.3) is 0 Å². The Labute approximate surface area is 102 Å². The molecule has 0 aliphatic carbocycles. The predicted molar refractivity (Wildman–Crippen MR) is 63.9 cm³/mol. The summed E-state index contributed by atoms with van der Waals surface area (Å²) in [5.41, 5.74) is 1.38.